The summed E-state index contributed by atoms with van der Waals surface area (Å²) in [5.41, 5.74) is 5.20. The molecule has 1 nitrogen and oxygen atoms in total. The Morgan fingerprint density at radius 3 is 2.00 bits per heavy atom. The molecule has 0 amide bonds. The van der Waals surface area contributed by atoms with Crippen LogP contribution in [-0.2, 0) is 6.42 Å². The summed E-state index contributed by atoms with van der Waals surface area (Å²) in [5, 5.41) is 8.78. The van der Waals surface area contributed by atoms with Gasteiger partial charge in [-0.1, -0.05) is 61.2 Å². The van der Waals surface area contributed by atoms with Crippen LogP contribution in [-0.4, -0.2) is 0 Å². The minimum absolute atomic E-state index is 0.683. The highest BCUT2D eigenvalue weighted by atomic mass is 14.2. The van der Waals surface area contributed by atoms with Crippen LogP contribution in [0.4, 0.5) is 0 Å². The second-order valence-electron chi connectivity index (χ2n) is 4.43. The Bertz CT molecular complexity index is 625. The minimum Gasteiger partial charge on any atom is -0.192 e. The van der Waals surface area contributed by atoms with Crippen LogP contribution in [0, 0.1) is 11.3 Å². The maximum atomic E-state index is 8.78. The third-order valence-electron chi connectivity index (χ3n) is 3.02. The predicted octanol–water partition coefficient (Wildman–Crippen LogP) is 4.51. The molecule has 0 unspecified atom stereocenters. The van der Waals surface area contributed by atoms with Crippen molar-refractivity contribution in [1.29, 1.82) is 5.26 Å². The van der Waals surface area contributed by atoms with Crippen LogP contribution >= 0.6 is 0 Å². The maximum Gasteiger partial charge on any atom is 0.0991 e. The normalized spacial score (nSPS) is 9.63. The molecular weight excluding hydrogens is 230 g/mol. The average Bonchev–Trinajstić information content (AvgIpc) is 2.48. The fraction of sp³-hybridized carbons (Fsp3) is 0.0556. The first kappa shape index (κ1) is 12.9. The van der Waals surface area contributed by atoms with E-state index in [1.165, 1.54) is 5.56 Å². The van der Waals surface area contributed by atoms with Crippen LogP contribution < -0.4 is 0 Å². The number of rotatable bonds is 4. The topological polar surface area (TPSA) is 23.8 Å². The third-order valence-corrected chi connectivity index (χ3v) is 3.02. The number of allylic oxidation sites excluding steroid dienone is 2. The number of benzene rings is 2. The first-order chi connectivity index (χ1) is 9.22. The lowest BCUT2D eigenvalue weighted by molar-refractivity contribution is 1.21. The lowest BCUT2D eigenvalue weighted by Crippen LogP contribution is -1.86. The van der Waals surface area contributed by atoms with E-state index in [0.717, 1.165) is 23.1 Å². The van der Waals surface area contributed by atoms with Crippen molar-refractivity contribution in [3.05, 3.63) is 84.5 Å². The highest BCUT2D eigenvalue weighted by Gasteiger charge is 1.99. The molecule has 0 radical (unpaired) electrons. The van der Waals surface area contributed by atoms with Gasteiger partial charge >= 0.3 is 0 Å². The lowest BCUT2D eigenvalue weighted by atomic mass is 10.0. The van der Waals surface area contributed by atoms with Gasteiger partial charge in [0.1, 0.15) is 0 Å². The largest absolute Gasteiger partial charge is 0.192 e. The highest BCUT2D eigenvalue weighted by Crippen LogP contribution is 2.21. The number of hydrogen-bond acceptors (Lipinski definition) is 1. The molecule has 0 fully saturated rings. The smallest absolute Gasteiger partial charge is 0.0991 e. The van der Waals surface area contributed by atoms with Crippen molar-refractivity contribution in [1.82, 2.24) is 0 Å². The molecule has 19 heavy (non-hydrogen) atoms. The quantitative estimate of drug-likeness (QED) is 0.727. The molecule has 0 aliphatic carbocycles. The van der Waals surface area contributed by atoms with E-state index in [9.17, 15) is 0 Å². The molecule has 0 spiro atoms. The van der Waals surface area contributed by atoms with Crippen molar-refractivity contribution >= 4 is 0 Å². The monoisotopic (exact) mass is 245 g/mol. The van der Waals surface area contributed by atoms with Crippen molar-refractivity contribution in [3.8, 4) is 17.2 Å². The van der Waals surface area contributed by atoms with Crippen LogP contribution in [0.3, 0.4) is 0 Å². The summed E-state index contributed by atoms with van der Waals surface area (Å²) >= 11 is 0. The summed E-state index contributed by atoms with van der Waals surface area (Å²) in [5.74, 6) is 0. The van der Waals surface area contributed by atoms with Crippen molar-refractivity contribution in [2.75, 3.05) is 0 Å². The highest BCUT2D eigenvalue weighted by molar-refractivity contribution is 5.64. The Hall–Kier alpha value is -2.59. The molecule has 0 atom stereocenters. The van der Waals surface area contributed by atoms with Crippen LogP contribution in [0.2, 0.25) is 0 Å². The molecule has 0 N–H and O–H groups in total. The Labute approximate surface area is 114 Å². The Morgan fingerprint density at radius 1 is 1.00 bits per heavy atom. The Balaban J connectivity index is 2.19. The summed E-state index contributed by atoms with van der Waals surface area (Å²) < 4.78 is 0. The molecule has 2 aromatic rings. The van der Waals surface area contributed by atoms with Crippen molar-refractivity contribution in [2.45, 2.75) is 6.42 Å². The fourth-order valence-corrected chi connectivity index (χ4v) is 1.89. The first-order valence-electron chi connectivity index (χ1n) is 6.12. The SMILES string of the molecule is C=CC(=C)Cc1ccc(-c2ccc(C#N)cc2)cc1. The van der Waals surface area contributed by atoms with E-state index in [0.29, 0.717) is 5.56 Å². The van der Waals surface area contributed by atoms with E-state index < -0.39 is 0 Å². The van der Waals surface area contributed by atoms with Gasteiger partial charge in [-0.3, -0.25) is 0 Å². The average molecular weight is 245 g/mol. The van der Waals surface area contributed by atoms with E-state index in [4.69, 9.17) is 5.26 Å². The van der Waals surface area contributed by atoms with Gasteiger partial charge < -0.3 is 0 Å². The Morgan fingerprint density at radius 2 is 1.53 bits per heavy atom. The molecule has 1 heteroatoms. The molecule has 0 saturated carbocycles. The summed E-state index contributed by atoms with van der Waals surface area (Å²) in [6, 6.07) is 18.1. The molecule has 0 aliphatic rings. The molecule has 2 aromatic carbocycles. The second kappa shape index (κ2) is 5.84. The van der Waals surface area contributed by atoms with Gasteiger partial charge in [0.25, 0.3) is 0 Å². The van der Waals surface area contributed by atoms with E-state index in [1.807, 2.05) is 24.3 Å². The number of hydrogen-bond donors (Lipinski definition) is 0. The second-order valence-corrected chi connectivity index (χ2v) is 4.43. The maximum absolute atomic E-state index is 8.78. The van der Waals surface area contributed by atoms with Crippen molar-refractivity contribution in [2.24, 2.45) is 0 Å². The lowest BCUT2D eigenvalue weighted by Gasteiger charge is -2.05. The third kappa shape index (κ3) is 3.20. The molecule has 2 rings (SSSR count). The summed E-state index contributed by atoms with van der Waals surface area (Å²) in [7, 11) is 0. The van der Waals surface area contributed by atoms with Crippen molar-refractivity contribution in [3.63, 3.8) is 0 Å². The number of nitrogens with zero attached hydrogens (tertiary/aromatic N) is 1. The van der Waals surface area contributed by atoms with Crippen molar-refractivity contribution < 1.29 is 0 Å². The van der Waals surface area contributed by atoms with E-state index >= 15 is 0 Å². The molecule has 0 saturated heterocycles. The fourth-order valence-electron chi connectivity index (χ4n) is 1.89. The molecule has 0 aromatic heterocycles. The summed E-state index contributed by atoms with van der Waals surface area (Å²) in [6.07, 6.45) is 2.62. The van der Waals surface area contributed by atoms with Crippen LogP contribution in [0.5, 0.6) is 0 Å². The molecule has 0 heterocycles. The summed E-state index contributed by atoms with van der Waals surface area (Å²) in [4.78, 5) is 0. The molecule has 0 aliphatic heterocycles. The minimum atomic E-state index is 0.683. The van der Waals surface area contributed by atoms with Gasteiger partial charge in [-0.2, -0.15) is 5.26 Å². The van der Waals surface area contributed by atoms with Gasteiger partial charge in [0, 0.05) is 0 Å². The first-order valence-corrected chi connectivity index (χ1v) is 6.12. The standard InChI is InChI=1S/C18H15N/c1-3-14(2)12-15-4-8-17(9-5-15)18-10-6-16(13-19)7-11-18/h3-11H,1-2,12H2. The van der Waals surface area contributed by atoms with Crippen LogP contribution in [0.25, 0.3) is 11.1 Å². The van der Waals surface area contributed by atoms with E-state index in [2.05, 4.69) is 43.5 Å². The van der Waals surface area contributed by atoms with Crippen LogP contribution in [0.15, 0.2) is 73.3 Å². The van der Waals surface area contributed by atoms with E-state index in [1.54, 1.807) is 6.08 Å². The van der Waals surface area contributed by atoms with Gasteiger partial charge in [0.05, 0.1) is 11.6 Å². The zero-order chi connectivity index (χ0) is 13.7. The van der Waals surface area contributed by atoms with Gasteiger partial charge in [0.15, 0.2) is 0 Å². The van der Waals surface area contributed by atoms with E-state index in [-0.39, 0.29) is 0 Å². The molecule has 92 valence electrons. The number of nitriles is 1. The van der Waals surface area contributed by atoms with Gasteiger partial charge in [-0.15, -0.1) is 0 Å². The molecular formula is C18H15N. The molecule has 0 bridgehead atoms. The predicted molar refractivity (Wildman–Crippen MR) is 79.6 cm³/mol. The zero-order valence-electron chi connectivity index (χ0n) is 10.8. The van der Waals surface area contributed by atoms with Crippen LogP contribution in [0.1, 0.15) is 11.1 Å². The zero-order valence-corrected chi connectivity index (χ0v) is 10.8. The van der Waals surface area contributed by atoms with Gasteiger partial charge in [0.2, 0.25) is 0 Å². The van der Waals surface area contributed by atoms with Gasteiger partial charge in [-0.25, -0.2) is 0 Å². The van der Waals surface area contributed by atoms with Gasteiger partial charge in [-0.05, 0) is 35.2 Å². The summed E-state index contributed by atoms with van der Waals surface area (Å²) in [6.45, 7) is 7.63. The Kier molecular flexibility index (Phi) is 3.95.